The van der Waals surface area contributed by atoms with Gasteiger partial charge in [-0.15, -0.1) is 5.73 Å². The normalized spacial score (nSPS) is 8.90. The van der Waals surface area contributed by atoms with Crippen LogP contribution in [0.15, 0.2) is 24.7 Å². The number of hydrogen-bond acceptors (Lipinski definition) is 2. The number of aromatic nitrogens is 2. The maximum Gasteiger partial charge on any atom is 0.142 e. The van der Waals surface area contributed by atoms with Crippen molar-refractivity contribution in [3.63, 3.8) is 0 Å². The third-order valence-corrected chi connectivity index (χ3v) is 1.20. The first-order chi connectivity index (χ1) is 4.88. The van der Waals surface area contributed by atoms with E-state index in [0.29, 0.717) is 6.54 Å². The fourth-order valence-electron chi connectivity index (χ4n) is 0.683. The third-order valence-electron chi connectivity index (χ3n) is 1.20. The Morgan fingerprint density at radius 3 is 3.10 bits per heavy atom. The number of H-pyrrole nitrogens is 1. The van der Waals surface area contributed by atoms with Gasteiger partial charge in [0.05, 0.1) is 0 Å². The van der Waals surface area contributed by atoms with E-state index in [1.54, 1.807) is 12.4 Å². The van der Waals surface area contributed by atoms with Crippen molar-refractivity contribution >= 4 is 5.57 Å². The SMILES string of the molecule is C=C=C(CN)c1ncc[nH]1. The largest absolute Gasteiger partial charge is 0.344 e. The molecule has 3 nitrogen and oxygen atoms in total. The zero-order chi connectivity index (χ0) is 7.40. The van der Waals surface area contributed by atoms with Gasteiger partial charge in [-0.1, -0.05) is 6.58 Å². The molecule has 0 spiro atoms. The molecular formula is C7H9N3. The molecule has 10 heavy (non-hydrogen) atoms. The van der Waals surface area contributed by atoms with E-state index in [4.69, 9.17) is 5.73 Å². The van der Waals surface area contributed by atoms with E-state index in [9.17, 15) is 0 Å². The van der Waals surface area contributed by atoms with Gasteiger partial charge in [-0.2, -0.15) is 0 Å². The quantitative estimate of drug-likeness (QED) is 0.581. The van der Waals surface area contributed by atoms with Crippen molar-refractivity contribution in [1.82, 2.24) is 9.97 Å². The van der Waals surface area contributed by atoms with Crippen LogP contribution in [0.4, 0.5) is 0 Å². The van der Waals surface area contributed by atoms with Gasteiger partial charge in [0.15, 0.2) is 0 Å². The van der Waals surface area contributed by atoms with Gasteiger partial charge in [-0.05, 0) is 0 Å². The highest BCUT2D eigenvalue weighted by atomic mass is 14.9. The molecule has 0 aliphatic carbocycles. The van der Waals surface area contributed by atoms with Crippen LogP contribution in [0.25, 0.3) is 5.57 Å². The number of nitrogens with two attached hydrogens (primary N) is 1. The lowest BCUT2D eigenvalue weighted by Gasteiger charge is -1.93. The summed E-state index contributed by atoms with van der Waals surface area (Å²) >= 11 is 0. The maximum absolute atomic E-state index is 5.37. The molecule has 3 heteroatoms. The molecule has 1 rings (SSSR count). The molecule has 1 aromatic rings. The minimum atomic E-state index is 0.414. The first kappa shape index (κ1) is 6.81. The van der Waals surface area contributed by atoms with E-state index in [2.05, 4.69) is 22.3 Å². The van der Waals surface area contributed by atoms with Crippen LogP contribution >= 0.6 is 0 Å². The lowest BCUT2D eigenvalue weighted by Crippen LogP contribution is -2.02. The molecule has 3 N–H and O–H groups in total. The number of nitrogens with one attached hydrogen (secondary N) is 1. The van der Waals surface area contributed by atoms with Crippen LogP contribution in [-0.4, -0.2) is 16.5 Å². The van der Waals surface area contributed by atoms with Crippen molar-refractivity contribution in [2.75, 3.05) is 6.54 Å². The number of hydrogen-bond donors (Lipinski definition) is 2. The van der Waals surface area contributed by atoms with Gasteiger partial charge in [0.1, 0.15) is 5.82 Å². The summed E-state index contributed by atoms with van der Waals surface area (Å²) < 4.78 is 0. The monoisotopic (exact) mass is 135 g/mol. The Morgan fingerprint density at radius 1 is 1.90 bits per heavy atom. The molecule has 1 aromatic heterocycles. The van der Waals surface area contributed by atoms with Gasteiger partial charge in [0.25, 0.3) is 0 Å². The molecule has 0 aromatic carbocycles. The van der Waals surface area contributed by atoms with E-state index >= 15 is 0 Å². The highest BCUT2D eigenvalue weighted by molar-refractivity contribution is 5.59. The van der Waals surface area contributed by atoms with Crippen molar-refractivity contribution in [1.29, 1.82) is 0 Å². The van der Waals surface area contributed by atoms with Crippen LogP contribution < -0.4 is 5.73 Å². The van der Waals surface area contributed by atoms with Crippen molar-refractivity contribution in [3.05, 3.63) is 30.5 Å². The summed E-state index contributed by atoms with van der Waals surface area (Å²) in [7, 11) is 0. The summed E-state index contributed by atoms with van der Waals surface area (Å²) in [4.78, 5) is 6.89. The Hall–Kier alpha value is -1.31. The minimum absolute atomic E-state index is 0.414. The fraction of sp³-hybridized carbons (Fsp3) is 0.143. The number of aromatic amines is 1. The van der Waals surface area contributed by atoms with Crippen molar-refractivity contribution in [2.45, 2.75) is 0 Å². The van der Waals surface area contributed by atoms with E-state index in [0.717, 1.165) is 11.4 Å². The van der Waals surface area contributed by atoms with Crippen LogP contribution in [0.3, 0.4) is 0 Å². The predicted molar refractivity (Wildman–Crippen MR) is 40.2 cm³/mol. The second-order valence-electron chi connectivity index (χ2n) is 1.80. The first-order valence-electron chi connectivity index (χ1n) is 2.97. The molecule has 0 saturated heterocycles. The van der Waals surface area contributed by atoms with Crippen molar-refractivity contribution in [2.24, 2.45) is 5.73 Å². The van der Waals surface area contributed by atoms with Gasteiger partial charge in [0.2, 0.25) is 0 Å². The van der Waals surface area contributed by atoms with E-state index in [1.807, 2.05) is 0 Å². The zero-order valence-electron chi connectivity index (χ0n) is 5.59. The van der Waals surface area contributed by atoms with E-state index in [1.165, 1.54) is 0 Å². The van der Waals surface area contributed by atoms with Crippen LogP contribution in [-0.2, 0) is 0 Å². The Labute approximate surface area is 59.3 Å². The number of imidazole rings is 1. The predicted octanol–water partition coefficient (Wildman–Crippen LogP) is 0.537. The molecule has 0 fully saturated rings. The average Bonchev–Trinajstić information content (AvgIpc) is 2.43. The molecule has 0 saturated carbocycles. The third kappa shape index (κ3) is 1.16. The summed E-state index contributed by atoms with van der Waals surface area (Å²) in [5, 5.41) is 0. The second-order valence-corrected chi connectivity index (χ2v) is 1.80. The van der Waals surface area contributed by atoms with Crippen LogP contribution in [0.5, 0.6) is 0 Å². The molecule has 0 amide bonds. The van der Waals surface area contributed by atoms with Crippen LogP contribution in [0.1, 0.15) is 5.82 Å². The average molecular weight is 135 g/mol. The standard InChI is InChI=1S/C7H9N3/c1-2-6(5-8)7-9-3-4-10-7/h3-4H,1,5,8H2,(H,9,10). The maximum atomic E-state index is 5.37. The Bertz CT molecular complexity index is 242. The van der Waals surface area contributed by atoms with Gasteiger partial charge < -0.3 is 10.7 Å². The second kappa shape index (κ2) is 3.01. The molecule has 0 unspecified atom stereocenters. The zero-order valence-corrected chi connectivity index (χ0v) is 5.59. The lowest BCUT2D eigenvalue weighted by atomic mass is 10.3. The minimum Gasteiger partial charge on any atom is -0.344 e. The highest BCUT2D eigenvalue weighted by Gasteiger charge is 1.97. The number of rotatable bonds is 2. The molecule has 0 aliphatic heterocycles. The molecule has 0 aliphatic rings. The van der Waals surface area contributed by atoms with Crippen molar-refractivity contribution in [3.8, 4) is 0 Å². The van der Waals surface area contributed by atoms with Crippen LogP contribution in [0.2, 0.25) is 0 Å². The van der Waals surface area contributed by atoms with Gasteiger partial charge in [-0.25, -0.2) is 4.98 Å². The highest BCUT2D eigenvalue weighted by Crippen LogP contribution is 2.02. The smallest absolute Gasteiger partial charge is 0.142 e. The fourth-order valence-corrected chi connectivity index (χ4v) is 0.683. The van der Waals surface area contributed by atoms with Gasteiger partial charge >= 0.3 is 0 Å². The molecule has 0 atom stereocenters. The Morgan fingerprint density at radius 2 is 2.70 bits per heavy atom. The summed E-state index contributed by atoms with van der Waals surface area (Å²) in [5.74, 6) is 0.748. The van der Waals surface area contributed by atoms with Crippen LogP contribution in [0, 0.1) is 0 Å². The van der Waals surface area contributed by atoms with Gasteiger partial charge in [-0.3, -0.25) is 0 Å². The Kier molecular flexibility index (Phi) is 2.05. The Balaban J connectivity index is 2.96. The molecule has 0 radical (unpaired) electrons. The molecule has 52 valence electrons. The summed E-state index contributed by atoms with van der Waals surface area (Å²) in [5.41, 5.74) is 8.89. The molecule has 0 bridgehead atoms. The summed E-state index contributed by atoms with van der Waals surface area (Å²) in [6, 6.07) is 0. The number of nitrogens with zero attached hydrogens (tertiary/aromatic N) is 1. The van der Waals surface area contributed by atoms with E-state index < -0.39 is 0 Å². The lowest BCUT2D eigenvalue weighted by molar-refractivity contribution is 1.17. The molecule has 1 heterocycles. The first-order valence-corrected chi connectivity index (χ1v) is 2.97. The summed E-state index contributed by atoms with van der Waals surface area (Å²) in [6.07, 6.45) is 3.41. The van der Waals surface area contributed by atoms with Gasteiger partial charge in [0, 0.05) is 24.5 Å². The van der Waals surface area contributed by atoms with Crippen molar-refractivity contribution < 1.29 is 0 Å². The molecular weight excluding hydrogens is 126 g/mol. The summed E-state index contributed by atoms with van der Waals surface area (Å²) in [6.45, 7) is 3.90. The van der Waals surface area contributed by atoms with E-state index in [-0.39, 0.29) is 0 Å². The topological polar surface area (TPSA) is 54.7 Å².